The van der Waals surface area contributed by atoms with Crippen LogP contribution in [-0.4, -0.2) is 5.78 Å². The molecular weight excluding hydrogens is 174 g/mol. The molecule has 0 fully saturated rings. The molecule has 0 bridgehead atoms. The fourth-order valence-electron chi connectivity index (χ4n) is 0.904. The second kappa shape index (κ2) is 3.47. The highest BCUT2D eigenvalue weighted by Gasteiger charge is 2.12. The van der Waals surface area contributed by atoms with E-state index in [1.807, 2.05) is 0 Å². The van der Waals surface area contributed by atoms with Crippen LogP contribution in [0.5, 0.6) is 0 Å². The minimum atomic E-state index is -0.854. The van der Waals surface area contributed by atoms with Crippen LogP contribution in [0.25, 0.3) is 0 Å². The Morgan fingerprint density at radius 3 is 2.46 bits per heavy atom. The van der Waals surface area contributed by atoms with E-state index in [0.29, 0.717) is 6.07 Å². The second-order valence-corrected chi connectivity index (χ2v) is 2.73. The van der Waals surface area contributed by atoms with E-state index in [9.17, 15) is 13.6 Å². The number of hydrogen-bond donors (Lipinski definition) is 0. The van der Waals surface area contributed by atoms with E-state index in [2.05, 4.69) is 6.58 Å². The number of rotatable bonds is 2. The summed E-state index contributed by atoms with van der Waals surface area (Å²) in [5, 5.41) is 0. The van der Waals surface area contributed by atoms with Gasteiger partial charge >= 0.3 is 0 Å². The molecule has 0 saturated heterocycles. The Labute approximate surface area is 74.7 Å². The van der Waals surface area contributed by atoms with E-state index < -0.39 is 17.4 Å². The Balaban J connectivity index is 3.16. The molecule has 1 rings (SSSR count). The maximum absolute atomic E-state index is 13.0. The van der Waals surface area contributed by atoms with Crippen molar-refractivity contribution >= 4 is 5.78 Å². The molecule has 68 valence electrons. The lowest BCUT2D eigenvalue weighted by Crippen LogP contribution is -2.03. The summed E-state index contributed by atoms with van der Waals surface area (Å²) in [7, 11) is 0. The van der Waals surface area contributed by atoms with Crippen molar-refractivity contribution in [2.24, 2.45) is 0 Å². The minimum absolute atomic E-state index is 0.145. The van der Waals surface area contributed by atoms with Crippen LogP contribution in [0.2, 0.25) is 0 Å². The minimum Gasteiger partial charge on any atom is -0.289 e. The van der Waals surface area contributed by atoms with E-state index in [4.69, 9.17) is 0 Å². The number of halogens is 2. The number of allylic oxidation sites excluding steroid dienone is 1. The number of Topliss-reactive ketones (excluding diaryl/α,β-unsaturated/α-hetero) is 1. The monoisotopic (exact) mass is 182 g/mol. The molecule has 0 radical (unpaired) electrons. The molecule has 0 aliphatic carbocycles. The van der Waals surface area contributed by atoms with Gasteiger partial charge in [-0.2, -0.15) is 0 Å². The molecule has 13 heavy (non-hydrogen) atoms. The highest BCUT2D eigenvalue weighted by molar-refractivity contribution is 6.07. The molecule has 0 aliphatic heterocycles. The Hall–Kier alpha value is -1.51. The quantitative estimate of drug-likeness (QED) is 0.507. The van der Waals surface area contributed by atoms with Crippen molar-refractivity contribution in [2.75, 3.05) is 0 Å². The SMILES string of the molecule is C=C(C)C(=O)c1ccc(F)cc1F. The number of carbonyl (C=O) groups excluding carboxylic acids is 1. The van der Waals surface area contributed by atoms with Crippen LogP contribution < -0.4 is 0 Å². The van der Waals surface area contributed by atoms with Gasteiger partial charge in [-0.15, -0.1) is 0 Å². The molecule has 1 aromatic carbocycles. The molecule has 1 aromatic rings. The van der Waals surface area contributed by atoms with E-state index in [-0.39, 0.29) is 11.1 Å². The Bertz CT molecular complexity index is 369. The van der Waals surface area contributed by atoms with E-state index in [1.54, 1.807) is 0 Å². The van der Waals surface area contributed by atoms with Crippen molar-refractivity contribution in [3.05, 3.63) is 47.5 Å². The Kier molecular flexibility index (Phi) is 2.56. The number of hydrogen-bond acceptors (Lipinski definition) is 1. The maximum Gasteiger partial charge on any atom is 0.191 e. The fraction of sp³-hybridized carbons (Fsp3) is 0.100. The first-order chi connectivity index (χ1) is 6.02. The van der Waals surface area contributed by atoms with Crippen LogP contribution >= 0.6 is 0 Å². The van der Waals surface area contributed by atoms with E-state index in [0.717, 1.165) is 12.1 Å². The molecule has 0 saturated carbocycles. The second-order valence-electron chi connectivity index (χ2n) is 2.73. The first-order valence-corrected chi connectivity index (χ1v) is 3.67. The third-order valence-corrected chi connectivity index (χ3v) is 1.56. The van der Waals surface area contributed by atoms with Crippen molar-refractivity contribution in [3.8, 4) is 0 Å². The first kappa shape index (κ1) is 9.58. The highest BCUT2D eigenvalue weighted by Crippen LogP contribution is 2.12. The van der Waals surface area contributed by atoms with Gasteiger partial charge in [0, 0.05) is 6.07 Å². The third-order valence-electron chi connectivity index (χ3n) is 1.56. The van der Waals surface area contributed by atoms with Crippen molar-refractivity contribution < 1.29 is 13.6 Å². The van der Waals surface area contributed by atoms with Gasteiger partial charge in [-0.3, -0.25) is 4.79 Å². The topological polar surface area (TPSA) is 17.1 Å². The summed E-state index contributed by atoms with van der Waals surface area (Å²) < 4.78 is 25.4. The number of carbonyl (C=O) groups is 1. The molecular formula is C10H8F2O. The van der Waals surface area contributed by atoms with Gasteiger partial charge < -0.3 is 0 Å². The van der Waals surface area contributed by atoms with Crippen LogP contribution in [-0.2, 0) is 0 Å². The van der Waals surface area contributed by atoms with Gasteiger partial charge in [0.15, 0.2) is 5.78 Å². The van der Waals surface area contributed by atoms with Crippen LogP contribution in [0.3, 0.4) is 0 Å². The van der Waals surface area contributed by atoms with Gasteiger partial charge in [0.25, 0.3) is 0 Å². The predicted molar refractivity (Wildman–Crippen MR) is 45.5 cm³/mol. The summed E-state index contributed by atoms with van der Waals surface area (Å²) in [5.41, 5.74) is 0.0828. The number of benzene rings is 1. The molecule has 0 unspecified atom stereocenters. The number of ketones is 1. The zero-order chi connectivity index (χ0) is 10.0. The molecule has 0 atom stereocenters. The van der Waals surface area contributed by atoms with Crippen LogP contribution in [0.15, 0.2) is 30.4 Å². The predicted octanol–water partition coefficient (Wildman–Crippen LogP) is 2.72. The first-order valence-electron chi connectivity index (χ1n) is 3.67. The van der Waals surface area contributed by atoms with Crippen LogP contribution in [0, 0.1) is 11.6 Å². The maximum atomic E-state index is 13.0. The third kappa shape index (κ3) is 1.99. The van der Waals surface area contributed by atoms with Gasteiger partial charge in [0.2, 0.25) is 0 Å². The van der Waals surface area contributed by atoms with Crippen LogP contribution in [0.1, 0.15) is 17.3 Å². The van der Waals surface area contributed by atoms with Crippen molar-refractivity contribution in [2.45, 2.75) is 6.92 Å². The van der Waals surface area contributed by atoms with Gasteiger partial charge in [-0.05, 0) is 24.6 Å². The van der Waals surface area contributed by atoms with Gasteiger partial charge in [0.1, 0.15) is 11.6 Å². The van der Waals surface area contributed by atoms with Gasteiger partial charge in [-0.1, -0.05) is 6.58 Å². The summed E-state index contributed by atoms with van der Waals surface area (Å²) in [6, 6.07) is 2.83. The summed E-state index contributed by atoms with van der Waals surface area (Å²) in [5.74, 6) is -2.05. The highest BCUT2D eigenvalue weighted by atomic mass is 19.1. The molecule has 1 nitrogen and oxygen atoms in total. The molecule has 0 heterocycles. The lowest BCUT2D eigenvalue weighted by Gasteiger charge is -2.00. The van der Waals surface area contributed by atoms with E-state index >= 15 is 0 Å². The molecule has 0 aromatic heterocycles. The van der Waals surface area contributed by atoms with E-state index in [1.165, 1.54) is 6.92 Å². The Morgan fingerprint density at radius 1 is 1.38 bits per heavy atom. The summed E-state index contributed by atoms with van der Waals surface area (Å²) in [6.07, 6.45) is 0. The van der Waals surface area contributed by atoms with Crippen LogP contribution in [0.4, 0.5) is 8.78 Å². The largest absolute Gasteiger partial charge is 0.289 e. The molecule has 0 amide bonds. The molecule has 0 N–H and O–H groups in total. The Morgan fingerprint density at radius 2 is 2.00 bits per heavy atom. The smallest absolute Gasteiger partial charge is 0.191 e. The normalized spacial score (nSPS) is 9.77. The van der Waals surface area contributed by atoms with Gasteiger partial charge in [0.05, 0.1) is 5.56 Å². The summed E-state index contributed by atoms with van der Waals surface area (Å²) >= 11 is 0. The average molecular weight is 182 g/mol. The molecule has 0 spiro atoms. The molecule has 3 heteroatoms. The van der Waals surface area contributed by atoms with Crippen molar-refractivity contribution in [1.82, 2.24) is 0 Å². The zero-order valence-electron chi connectivity index (χ0n) is 7.10. The lowest BCUT2D eigenvalue weighted by atomic mass is 10.1. The summed E-state index contributed by atoms with van der Waals surface area (Å²) in [6.45, 7) is 4.86. The summed E-state index contributed by atoms with van der Waals surface area (Å²) in [4.78, 5) is 11.2. The van der Waals surface area contributed by atoms with Crippen molar-refractivity contribution in [3.63, 3.8) is 0 Å². The fourth-order valence-corrected chi connectivity index (χ4v) is 0.904. The zero-order valence-corrected chi connectivity index (χ0v) is 7.10. The standard InChI is InChI=1S/C10H8F2O/c1-6(2)10(13)8-4-3-7(11)5-9(8)12/h3-5H,1H2,2H3. The average Bonchev–Trinajstić information content (AvgIpc) is 2.03. The molecule has 0 aliphatic rings. The van der Waals surface area contributed by atoms with Crippen molar-refractivity contribution in [1.29, 1.82) is 0 Å². The van der Waals surface area contributed by atoms with Gasteiger partial charge in [-0.25, -0.2) is 8.78 Å². The lowest BCUT2D eigenvalue weighted by molar-refractivity contribution is 0.103.